The monoisotopic (exact) mass is 313 g/mol. The third-order valence-electron chi connectivity index (χ3n) is 3.31. The second-order valence-electron chi connectivity index (χ2n) is 5.08. The SMILES string of the molecule is Cc1csc(CCNC(=O)CSCCN2CCCC2)n1. The van der Waals surface area contributed by atoms with Gasteiger partial charge in [-0.3, -0.25) is 4.79 Å². The molecule has 20 heavy (non-hydrogen) atoms. The van der Waals surface area contributed by atoms with Crippen molar-refractivity contribution in [3.05, 3.63) is 16.1 Å². The van der Waals surface area contributed by atoms with Crippen LogP contribution in [0.25, 0.3) is 0 Å². The number of amides is 1. The van der Waals surface area contributed by atoms with Crippen LogP contribution in [0, 0.1) is 6.92 Å². The molecule has 1 fully saturated rings. The van der Waals surface area contributed by atoms with Crippen LogP contribution in [0.2, 0.25) is 0 Å². The molecule has 6 heteroatoms. The van der Waals surface area contributed by atoms with Gasteiger partial charge in [0, 0.05) is 36.3 Å². The summed E-state index contributed by atoms with van der Waals surface area (Å²) in [5.74, 6) is 1.77. The van der Waals surface area contributed by atoms with E-state index >= 15 is 0 Å². The fourth-order valence-electron chi connectivity index (χ4n) is 2.24. The van der Waals surface area contributed by atoms with Crippen molar-refractivity contribution in [3.8, 4) is 0 Å². The Morgan fingerprint density at radius 2 is 2.30 bits per heavy atom. The van der Waals surface area contributed by atoms with Crippen LogP contribution in [0.3, 0.4) is 0 Å². The van der Waals surface area contributed by atoms with Crippen LogP contribution in [0.15, 0.2) is 5.38 Å². The van der Waals surface area contributed by atoms with E-state index in [1.165, 1.54) is 25.9 Å². The van der Waals surface area contributed by atoms with Gasteiger partial charge >= 0.3 is 0 Å². The number of nitrogens with one attached hydrogen (secondary N) is 1. The van der Waals surface area contributed by atoms with Gasteiger partial charge < -0.3 is 10.2 Å². The minimum atomic E-state index is 0.143. The van der Waals surface area contributed by atoms with Crippen LogP contribution in [-0.4, -0.2) is 53.5 Å². The summed E-state index contributed by atoms with van der Waals surface area (Å²) in [4.78, 5) is 18.5. The van der Waals surface area contributed by atoms with Crippen LogP contribution in [-0.2, 0) is 11.2 Å². The van der Waals surface area contributed by atoms with Gasteiger partial charge in [-0.25, -0.2) is 4.98 Å². The molecule has 1 aliphatic rings. The molecule has 1 amide bonds. The topological polar surface area (TPSA) is 45.2 Å². The van der Waals surface area contributed by atoms with Gasteiger partial charge in [0.05, 0.1) is 10.8 Å². The summed E-state index contributed by atoms with van der Waals surface area (Å²) in [6, 6.07) is 0. The highest BCUT2D eigenvalue weighted by atomic mass is 32.2. The van der Waals surface area contributed by atoms with Gasteiger partial charge in [0.25, 0.3) is 0 Å². The van der Waals surface area contributed by atoms with Crippen molar-refractivity contribution >= 4 is 29.0 Å². The maximum absolute atomic E-state index is 11.7. The van der Waals surface area contributed by atoms with Crippen LogP contribution < -0.4 is 5.32 Å². The summed E-state index contributed by atoms with van der Waals surface area (Å²) in [5.41, 5.74) is 1.06. The van der Waals surface area contributed by atoms with Gasteiger partial charge in [-0.1, -0.05) is 0 Å². The molecular weight excluding hydrogens is 290 g/mol. The Balaban J connectivity index is 1.47. The van der Waals surface area contributed by atoms with Gasteiger partial charge in [0.1, 0.15) is 0 Å². The molecule has 2 heterocycles. The van der Waals surface area contributed by atoms with Crippen LogP contribution in [0.5, 0.6) is 0 Å². The third-order valence-corrected chi connectivity index (χ3v) is 5.28. The number of thiazole rings is 1. The molecule has 0 atom stereocenters. The Bertz CT molecular complexity index is 416. The summed E-state index contributed by atoms with van der Waals surface area (Å²) < 4.78 is 0. The number of aromatic nitrogens is 1. The lowest BCUT2D eigenvalue weighted by Crippen LogP contribution is -2.28. The number of carbonyl (C=O) groups is 1. The molecule has 2 rings (SSSR count). The fourth-order valence-corrected chi connectivity index (χ4v) is 3.84. The van der Waals surface area contributed by atoms with E-state index in [1.807, 2.05) is 12.3 Å². The smallest absolute Gasteiger partial charge is 0.230 e. The van der Waals surface area contributed by atoms with E-state index < -0.39 is 0 Å². The molecule has 0 bridgehead atoms. The Kier molecular flexibility index (Phi) is 6.82. The highest BCUT2D eigenvalue weighted by Crippen LogP contribution is 2.10. The maximum Gasteiger partial charge on any atom is 0.230 e. The number of rotatable bonds is 8. The molecule has 0 aliphatic carbocycles. The van der Waals surface area contributed by atoms with Gasteiger partial charge in [0.2, 0.25) is 5.91 Å². The number of hydrogen-bond donors (Lipinski definition) is 1. The Morgan fingerprint density at radius 3 is 3.00 bits per heavy atom. The fraction of sp³-hybridized carbons (Fsp3) is 0.714. The predicted molar refractivity (Wildman–Crippen MR) is 86.6 cm³/mol. The van der Waals surface area contributed by atoms with E-state index in [0.29, 0.717) is 12.3 Å². The van der Waals surface area contributed by atoms with Crippen molar-refractivity contribution in [2.24, 2.45) is 0 Å². The lowest BCUT2D eigenvalue weighted by atomic mass is 10.4. The Labute approximate surface area is 129 Å². The molecule has 0 radical (unpaired) electrons. The largest absolute Gasteiger partial charge is 0.355 e. The minimum Gasteiger partial charge on any atom is -0.355 e. The van der Waals surface area contributed by atoms with E-state index in [1.54, 1.807) is 23.1 Å². The first-order chi connectivity index (χ1) is 9.74. The van der Waals surface area contributed by atoms with E-state index in [2.05, 4.69) is 15.2 Å². The summed E-state index contributed by atoms with van der Waals surface area (Å²) in [6.07, 6.45) is 3.51. The standard InChI is InChI=1S/C14H23N3OS2/c1-12-10-20-14(16-12)4-5-15-13(18)11-19-9-8-17-6-2-3-7-17/h10H,2-9,11H2,1H3,(H,15,18). The molecule has 112 valence electrons. The minimum absolute atomic E-state index is 0.143. The molecule has 0 saturated carbocycles. The number of nitrogens with zero attached hydrogens (tertiary/aromatic N) is 2. The van der Waals surface area contributed by atoms with Crippen LogP contribution in [0.4, 0.5) is 0 Å². The average Bonchev–Trinajstić information content (AvgIpc) is 3.06. The zero-order chi connectivity index (χ0) is 14.2. The highest BCUT2D eigenvalue weighted by molar-refractivity contribution is 7.99. The molecule has 1 aliphatic heterocycles. The van der Waals surface area contributed by atoms with Gasteiger partial charge in [-0.15, -0.1) is 11.3 Å². The molecule has 1 saturated heterocycles. The quantitative estimate of drug-likeness (QED) is 0.745. The number of aryl methyl sites for hydroxylation is 1. The van der Waals surface area contributed by atoms with Crippen molar-refractivity contribution in [1.29, 1.82) is 0 Å². The number of thioether (sulfide) groups is 1. The lowest BCUT2D eigenvalue weighted by molar-refractivity contribution is -0.118. The molecule has 1 aromatic heterocycles. The molecule has 1 aromatic rings. The first-order valence-corrected chi connectivity index (χ1v) is 9.25. The Morgan fingerprint density at radius 1 is 1.50 bits per heavy atom. The van der Waals surface area contributed by atoms with Crippen LogP contribution in [0.1, 0.15) is 23.5 Å². The number of hydrogen-bond acceptors (Lipinski definition) is 5. The van der Waals surface area contributed by atoms with Gasteiger partial charge in [0.15, 0.2) is 0 Å². The van der Waals surface area contributed by atoms with E-state index in [-0.39, 0.29) is 5.91 Å². The van der Waals surface area contributed by atoms with E-state index in [9.17, 15) is 4.79 Å². The zero-order valence-electron chi connectivity index (χ0n) is 12.1. The van der Waals surface area contributed by atoms with Gasteiger partial charge in [-0.2, -0.15) is 11.8 Å². The van der Waals surface area contributed by atoms with Crippen molar-refractivity contribution < 1.29 is 4.79 Å². The highest BCUT2D eigenvalue weighted by Gasteiger charge is 2.10. The Hall–Kier alpha value is -0.590. The second kappa shape index (κ2) is 8.64. The molecule has 0 spiro atoms. The third kappa shape index (κ3) is 5.81. The van der Waals surface area contributed by atoms with Crippen molar-refractivity contribution in [2.75, 3.05) is 37.7 Å². The van der Waals surface area contributed by atoms with E-state index in [4.69, 9.17) is 0 Å². The van der Waals surface area contributed by atoms with Crippen molar-refractivity contribution in [2.45, 2.75) is 26.2 Å². The molecule has 0 unspecified atom stereocenters. The van der Waals surface area contributed by atoms with Crippen molar-refractivity contribution in [1.82, 2.24) is 15.2 Å². The molecule has 4 nitrogen and oxygen atoms in total. The normalized spacial score (nSPS) is 15.7. The van der Waals surface area contributed by atoms with Crippen molar-refractivity contribution in [3.63, 3.8) is 0 Å². The zero-order valence-corrected chi connectivity index (χ0v) is 13.7. The van der Waals surface area contributed by atoms with Crippen LogP contribution >= 0.6 is 23.1 Å². The summed E-state index contributed by atoms with van der Waals surface area (Å²) in [7, 11) is 0. The number of likely N-dealkylation sites (tertiary alicyclic amines) is 1. The number of carbonyl (C=O) groups excluding carboxylic acids is 1. The molecule has 1 N–H and O–H groups in total. The first-order valence-electron chi connectivity index (χ1n) is 7.22. The summed E-state index contributed by atoms with van der Waals surface area (Å²) >= 11 is 3.40. The second-order valence-corrected chi connectivity index (χ2v) is 7.13. The van der Waals surface area contributed by atoms with Gasteiger partial charge in [-0.05, 0) is 32.9 Å². The average molecular weight is 313 g/mol. The molecule has 0 aromatic carbocycles. The predicted octanol–water partition coefficient (Wildman–Crippen LogP) is 1.94. The maximum atomic E-state index is 11.7. The lowest BCUT2D eigenvalue weighted by Gasteiger charge is -2.13. The summed E-state index contributed by atoms with van der Waals surface area (Å²) in [5, 5.41) is 6.11. The van der Waals surface area contributed by atoms with E-state index in [0.717, 1.165) is 29.4 Å². The molecular formula is C14H23N3OS2. The first kappa shape index (κ1) is 15.8. The summed E-state index contributed by atoms with van der Waals surface area (Å²) in [6.45, 7) is 6.28.